The van der Waals surface area contributed by atoms with Gasteiger partial charge in [-0.1, -0.05) is 20.8 Å². The van der Waals surface area contributed by atoms with Crippen LogP contribution >= 0.6 is 15.9 Å². The SMILES string of the molecule is CC(C)(C)c1nc(-c2ccc(F)cc2)c(Br)o1. The lowest BCUT2D eigenvalue weighted by Gasteiger charge is -2.11. The highest BCUT2D eigenvalue weighted by Gasteiger charge is 2.23. The maximum absolute atomic E-state index is 12.8. The van der Waals surface area contributed by atoms with Crippen molar-refractivity contribution < 1.29 is 8.81 Å². The van der Waals surface area contributed by atoms with Gasteiger partial charge < -0.3 is 4.42 Å². The van der Waals surface area contributed by atoms with Crippen LogP contribution in [0, 0.1) is 5.82 Å². The molecule has 0 fully saturated rings. The van der Waals surface area contributed by atoms with Gasteiger partial charge in [-0.25, -0.2) is 9.37 Å². The summed E-state index contributed by atoms with van der Waals surface area (Å²) >= 11 is 3.34. The highest BCUT2D eigenvalue weighted by Crippen LogP contribution is 2.33. The molecule has 0 radical (unpaired) electrons. The summed E-state index contributed by atoms with van der Waals surface area (Å²) < 4.78 is 19.0. The van der Waals surface area contributed by atoms with Crippen LogP contribution in [-0.2, 0) is 5.41 Å². The van der Waals surface area contributed by atoms with Crippen molar-refractivity contribution in [2.75, 3.05) is 0 Å². The van der Waals surface area contributed by atoms with Crippen molar-refractivity contribution in [1.29, 1.82) is 0 Å². The van der Waals surface area contributed by atoms with Gasteiger partial charge in [-0.2, -0.15) is 0 Å². The molecule has 0 aliphatic carbocycles. The van der Waals surface area contributed by atoms with Crippen molar-refractivity contribution in [2.24, 2.45) is 0 Å². The van der Waals surface area contributed by atoms with E-state index in [0.717, 1.165) is 5.56 Å². The molecule has 0 unspecified atom stereocenters. The van der Waals surface area contributed by atoms with E-state index in [1.54, 1.807) is 12.1 Å². The molecule has 0 aliphatic rings. The number of hydrogen-bond donors (Lipinski definition) is 0. The van der Waals surface area contributed by atoms with Gasteiger partial charge in [0, 0.05) is 11.0 Å². The molecule has 4 heteroatoms. The van der Waals surface area contributed by atoms with Crippen LogP contribution in [-0.4, -0.2) is 4.98 Å². The molecule has 0 spiro atoms. The van der Waals surface area contributed by atoms with E-state index in [-0.39, 0.29) is 11.2 Å². The summed E-state index contributed by atoms with van der Waals surface area (Å²) in [7, 11) is 0. The predicted molar refractivity (Wildman–Crippen MR) is 68.3 cm³/mol. The monoisotopic (exact) mass is 297 g/mol. The minimum absolute atomic E-state index is 0.152. The van der Waals surface area contributed by atoms with Gasteiger partial charge in [0.05, 0.1) is 0 Å². The molecule has 1 heterocycles. The maximum Gasteiger partial charge on any atom is 0.201 e. The van der Waals surface area contributed by atoms with E-state index in [4.69, 9.17) is 4.42 Å². The largest absolute Gasteiger partial charge is 0.433 e. The fraction of sp³-hybridized carbons (Fsp3) is 0.308. The molecule has 1 aromatic carbocycles. The average molecular weight is 298 g/mol. The Morgan fingerprint density at radius 1 is 1.18 bits per heavy atom. The molecule has 0 atom stereocenters. The second kappa shape index (κ2) is 4.26. The molecule has 90 valence electrons. The van der Waals surface area contributed by atoms with Crippen LogP contribution in [0.5, 0.6) is 0 Å². The molecule has 0 amide bonds. The zero-order valence-electron chi connectivity index (χ0n) is 9.92. The summed E-state index contributed by atoms with van der Waals surface area (Å²) in [6.07, 6.45) is 0. The summed E-state index contributed by atoms with van der Waals surface area (Å²) in [5.74, 6) is 0.396. The average Bonchev–Trinajstić information content (AvgIpc) is 2.61. The third-order valence-electron chi connectivity index (χ3n) is 2.35. The molecule has 0 aliphatic heterocycles. The third-order valence-corrected chi connectivity index (χ3v) is 2.88. The minimum atomic E-state index is -0.260. The Bertz CT molecular complexity index is 525. The molecule has 0 bridgehead atoms. The molecule has 2 aromatic rings. The summed E-state index contributed by atoms with van der Waals surface area (Å²) in [5, 5.41) is 0. The molecule has 0 saturated heterocycles. The lowest BCUT2D eigenvalue weighted by atomic mass is 9.97. The van der Waals surface area contributed by atoms with Crippen LogP contribution in [0.2, 0.25) is 0 Å². The maximum atomic E-state index is 12.8. The number of halogens is 2. The first kappa shape index (κ1) is 12.3. The molecular weight excluding hydrogens is 285 g/mol. The van der Waals surface area contributed by atoms with Crippen LogP contribution in [0.15, 0.2) is 33.4 Å². The van der Waals surface area contributed by atoms with E-state index in [0.29, 0.717) is 16.3 Å². The number of nitrogens with zero attached hydrogens (tertiary/aromatic N) is 1. The molecule has 1 aromatic heterocycles. The van der Waals surface area contributed by atoms with Gasteiger partial charge in [0.15, 0.2) is 4.67 Å². The van der Waals surface area contributed by atoms with Gasteiger partial charge in [0.1, 0.15) is 11.5 Å². The number of hydrogen-bond acceptors (Lipinski definition) is 2. The van der Waals surface area contributed by atoms with Crippen molar-refractivity contribution >= 4 is 15.9 Å². The molecule has 0 saturated carbocycles. The fourth-order valence-electron chi connectivity index (χ4n) is 1.41. The highest BCUT2D eigenvalue weighted by atomic mass is 79.9. The van der Waals surface area contributed by atoms with Gasteiger partial charge in [-0.05, 0) is 40.2 Å². The van der Waals surface area contributed by atoms with Crippen LogP contribution < -0.4 is 0 Å². The first-order chi connectivity index (χ1) is 7.88. The summed E-state index contributed by atoms with van der Waals surface area (Å²) in [6.45, 7) is 6.08. The summed E-state index contributed by atoms with van der Waals surface area (Å²) in [4.78, 5) is 4.44. The Kier molecular flexibility index (Phi) is 3.08. The molecule has 17 heavy (non-hydrogen) atoms. The van der Waals surface area contributed by atoms with E-state index >= 15 is 0 Å². The Hall–Kier alpha value is -1.16. The number of rotatable bonds is 1. The highest BCUT2D eigenvalue weighted by molar-refractivity contribution is 9.10. The number of aromatic nitrogens is 1. The van der Waals surface area contributed by atoms with Crippen molar-refractivity contribution in [3.05, 3.63) is 40.6 Å². The Labute approximate surface area is 108 Å². The van der Waals surface area contributed by atoms with Crippen molar-refractivity contribution in [2.45, 2.75) is 26.2 Å². The lowest BCUT2D eigenvalue weighted by Crippen LogP contribution is -2.11. The van der Waals surface area contributed by atoms with Gasteiger partial charge >= 0.3 is 0 Å². The molecule has 2 rings (SSSR count). The Morgan fingerprint density at radius 3 is 2.24 bits per heavy atom. The molecule has 2 nitrogen and oxygen atoms in total. The van der Waals surface area contributed by atoms with Crippen molar-refractivity contribution in [3.8, 4) is 11.3 Å². The van der Waals surface area contributed by atoms with Crippen molar-refractivity contribution in [3.63, 3.8) is 0 Å². The first-order valence-corrected chi connectivity index (χ1v) is 6.10. The van der Waals surface area contributed by atoms with Crippen LogP contribution in [0.3, 0.4) is 0 Å². The van der Waals surface area contributed by atoms with Gasteiger partial charge in [0.25, 0.3) is 0 Å². The van der Waals surface area contributed by atoms with E-state index in [1.165, 1.54) is 12.1 Å². The van der Waals surface area contributed by atoms with Crippen LogP contribution in [0.1, 0.15) is 26.7 Å². The Balaban J connectivity index is 2.46. The fourth-order valence-corrected chi connectivity index (χ4v) is 1.88. The quantitative estimate of drug-likeness (QED) is 0.772. The molecule has 0 N–H and O–H groups in total. The summed E-state index contributed by atoms with van der Waals surface area (Å²) in [6, 6.07) is 6.19. The van der Waals surface area contributed by atoms with Crippen LogP contribution in [0.4, 0.5) is 4.39 Å². The van der Waals surface area contributed by atoms with Crippen LogP contribution in [0.25, 0.3) is 11.3 Å². The second-order valence-electron chi connectivity index (χ2n) is 4.90. The zero-order chi connectivity index (χ0) is 12.6. The standard InChI is InChI=1S/C13H13BrFNO/c1-13(2,3)12-16-10(11(14)17-12)8-4-6-9(15)7-5-8/h4-7H,1-3H3. The summed E-state index contributed by atoms with van der Waals surface area (Å²) in [5.41, 5.74) is 1.38. The normalized spacial score (nSPS) is 11.8. The van der Waals surface area contributed by atoms with E-state index in [2.05, 4.69) is 20.9 Å². The Morgan fingerprint density at radius 2 is 1.76 bits per heavy atom. The van der Waals surface area contributed by atoms with Crippen molar-refractivity contribution in [1.82, 2.24) is 4.98 Å². The lowest BCUT2D eigenvalue weighted by molar-refractivity contribution is 0.382. The molecular formula is C13H13BrFNO. The van der Waals surface area contributed by atoms with E-state index in [9.17, 15) is 4.39 Å². The third kappa shape index (κ3) is 2.57. The minimum Gasteiger partial charge on any atom is -0.433 e. The second-order valence-corrected chi connectivity index (χ2v) is 5.62. The number of benzene rings is 1. The van der Waals surface area contributed by atoms with E-state index < -0.39 is 0 Å². The van der Waals surface area contributed by atoms with Gasteiger partial charge in [-0.15, -0.1) is 0 Å². The number of oxazole rings is 1. The zero-order valence-corrected chi connectivity index (χ0v) is 11.5. The van der Waals surface area contributed by atoms with E-state index in [1.807, 2.05) is 20.8 Å². The topological polar surface area (TPSA) is 26.0 Å². The van der Waals surface area contributed by atoms with Gasteiger partial charge in [-0.3, -0.25) is 0 Å². The predicted octanol–water partition coefficient (Wildman–Crippen LogP) is 4.54. The smallest absolute Gasteiger partial charge is 0.201 e. The first-order valence-electron chi connectivity index (χ1n) is 5.30. The van der Waals surface area contributed by atoms with Gasteiger partial charge in [0.2, 0.25) is 5.89 Å².